The summed E-state index contributed by atoms with van der Waals surface area (Å²) < 4.78 is 2.14. The number of carbonyl (C=O) groups excluding carboxylic acids is 2. The lowest BCUT2D eigenvalue weighted by Gasteiger charge is -2.12. The molecule has 2 amide bonds. The second kappa shape index (κ2) is 7.93. The summed E-state index contributed by atoms with van der Waals surface area (Å²) in [5.74, 6) is -0.264. The van der Waals surface area contributed by atoms with Crippen molar-refractivity contribution in [2.45, 2.75) is 20.4 Å². The van der Waals surface area contributed by atoms with Gasteiger partial charge in [0.1, 0.15) is 0 Å². The minimum atomic E-state index is -0.264. The lowest BCUT2D eigenvalue weighted by atomic mass is 10.2. The van der Waals surface area contributed by atoms with Gasteiger partial charge in [0, 0.05) is 22.1 Å². The van der Waals surface area contributed by atoms with Gasteiger partial charge < -0.3 is 4.57 Å². The number of amides is 2. The summed E-state index contributed by atoms with van der Waals surface area (Å²) in [6.07, 6.45) is 1.81. The minimum Gasteiger partial charge on any atom is -0.318 e. The topological polar surface area (TPSA) is 42.3 Å². The number of carbonyl (C=O) groups is 2. The number of aromatic nitrogens is 1. The third kappa shape index (κ3) is 3.88. The number of aryl methyl sites for hydroxylation is 1. The van der Waals surface area contributed by atoms with Crippen molar-refractivity contribution in [3.63, 3.8) is 0 Å². The smallest absolute Gasteiger partial charge is 0.293 e. The molecule has 0 radical (unpaired) electrons. The first kappa shape index (κ1) is 19.6. The van der Waals surface area contributed by atoms with Crippen LogP contribution in [0.2, 0.25) is 5.02 Å². The van der Waals surface area contributed by atoms with Gasteiger partial charge in [-0.15, -0.1) is 0 Å². The van der Waals surface area contributed by atoms with Gasteiger partial charge in [-0.05, 0) is 73.1 Å². The number of halogens is 1. The molecule has 0 N–H and O–H groups in total. The van der Waals surface area contributed by atoms with Crippen molar-refractivity contribution in [2.24, 2.45) is 0 Å². The number of hydrogen-bond acceptors (Lipinski definition) is 3. The third-order valence-electron chi connectivity index (χ3n) is 4.90. The fourth-order valence-electron chi connectivity index (χ4n) is 3.46. The first-order valence-corrected chi connectivity index (χ1v) is 10.4. The average Bonchev–Trinajstić information content (AvgIpc) is 3.14. The molecule has 0 unspecified atom stereocenters. The van der Waals surface area contributed by atoms with E-state index in [4.69, 9.17) is 11.6 Å². The molecular formula is C23H19ClN2O2S. The Labute approximate surface area is 178 Å². The number of thioether (sulfide) groups is 1. The number of rotatable bonds is 4. The van der Waals surface area contributed by atoms with Gasteiger partial charge in [-0.3, -0.25) is 14.5 Å². The third-order valence-corrected chi connectivity index (χ3v) is 6.06. The molecule has 0 aliphatic carbocycles. The van der Waals surface area contributed by atoms with Gasteiger partial charge in [-0.2, -0.15) is 0 Å². The van der Waals surface area contributed by atoms with Gasteiger partial charge in [0.2, 0.25) is 0 Å². The largest absolute Gasteiger partial charge is 0.318 e. The summed E-state index contributed by atoms with van der Waals surface area (Å²) in [4.78, 5) is 27.0. The van der Waals surface area contributed by atoms with E-state index in [2.05, 4.69) is 4.57 Å². The van der Waals surface area contributed by atoms with E-state index in [-0.39, 0.29) is 17.7 Å². The highest BCUT2D eigenvalue weighted by Gasteiger charge is 2.35. The maximum atomic E-state index is 12.8. The Hall–Kier alpha value is -2.76. The molecule has 1 fully saturated rings. The molecule has 6 heteroatoms. The number of hydrogen-bond donors (Lipinski definition) is 0. The van der Waals surface area contributed by atoms with Crippen molar-refractivity contribution < 1.29 is 9.59 Å². The number of nitrogens with zero attached hydrogens (tertiary/aromatic N) is 2. The zero-order valence-corrected chi connectivity index (χ0v) is 17.6. The number of benzene rings is 2. The molecule has 2 aromatic carbocycles. The molecule has 0 atom stereocenters. The lowest BCUT2D eigenvalue weighted by Crippen LogP contribution is -2.27. The maximum Gasteiger partial charge on any atom is 0.293 e. The van der Waals surface area contributed by atoms with Gasteiger partial charge >= 0.3 is 0 Å². The van der Waals surface area contributed by atoms with Crippen molar-refractivity contribution in [1.29, 1.82) is 0 Å². The normalized spacial score (nSPS) is 15.6. The molecule has 0 saturated carbocycles. The summed E-state index contributed by atoms with van der Waals surface area (Å²) in [5.41, 5.74) is 4.96. The van der Waals surface area contributed by atoms with E-state index < -0.39 is 0 Å². The highest BCUT2D eigenvalue weighted by atomic mass is 35.5. The van der Waals surface area contributed by atoms with Gasteiger partial charge in [0.25, 0.3) is 11.1 Å². The van der Waals surface area contributed by atoms with E-state index >= 15 is 0 Å². The van der Waals surface area contributed by atoms with E-state index in [1.807, 2.05) is 68.5 Å². The Morgan fingerprint density at radius 1 is 1.00 bits per heavy atom. The highest BCUT2D eigenvalue weighted by molar-refractivity contribution is 8.18. The predicted molar refractivity (Wildman–Crippen MR) is 118 cm³/mol. The molecule has 3 aromatic rings. The molecule has 0 bridgehead atoms. The van der Waals surface area contributed by atoms with Crippen LogP contribution < -0.4 is 0 Å². The Kier molecular flexibility index (Phi) is 5.35. The van der Waals surface area contributed by atoms with Crippen LogP contribution in [0.15, 0.2) is 65.6 Å². The lowest BCUT2D eigenvalue weighted by molar-refractivity contribution is -0.123. The zero-order chi connectivity index (χ0) is 20.5. The average molecular weight is 423 g/mol. The van der Waals surface area contributed by atoms with Gasteiger partial charge in [-0.25, -0.2) is 0 Å². The van der Waals surface area contributed by atoms with Crippen LogP contribution in [0.5, 0.6) is 0 Å². The van der Waals surface area contributed by atoms with Crippen LogP contribution in [0.25, 0.3) is 11.8 Å². The first-order chi connectivity index (χ1) is 13.9. The fraction of sp³-hybridized carbons (Fsp3) is 0.130. The van der Waals surface area contributed by atoms with Crippen molar-refractivity contribution in [3.8, 4) is 5.69 Å². The quantitative estimate of drug-likeness (QED) is 0.485. The molecule has 2 heterocycles. The second-order valence-electron chi connectivity index (χ2n) is 6.89. The molecule has 1 aromatic heterocycles. The monoisotopic (exact) mass is 422 g/mol. The number of imide groups is 1. The Balaban J connectivity index is 1.62. The summed E-state index contributed by atoms with van der Waals surface area (Å²) in [6.45, 7) is 4.29. The van der Waals surface area contributed by atoms with Crippen LogP contribution in [0, 0.1) is 13.8 Å². The second-order valence-corrected chi connectivity index (χ2v) is 8.32. The Morgan fingerprint density at radius 2 is 1.69 bits per heavy atom. The van der Waals surface area contributed by atoms with E-state index in [1.165, 1.54) is 4.90 Å². The van der Waals surface area contributed by atoms with Crippen LogP contribution in [0.1, 0.15) is 22.5 Å². The molecule has 4 nitrogen and oxygen atoms in total. The van der Waals surface area contributed by atoms with E-state index in [9.17, 15) is 9.59 Å². The summed E-state index contributed by atoms with van der Waals surface area (Å²) in [5, 5.41) is 0.365. The molecule has 4 rings (SSSR count). The number of para-hydroxylation sites is 1. The zero-order valence-electron chi connectivity index (χ0n) is 16.1. The van der Waals surface area contributed by atoms with Crippen molar-refractivity contribution in [1.82, 2.24) is 9.47 Å². The van der Waals surface area contributed by atoms with Crippen molar-refractivity contribution in [3.05, 3.63) is 93.1 Å². The SMILES string of the molecule is Cc1cc(/C=C2\SC(=O)N(Cc3ccc(Cl)cc3)C2=O)c(C)n1-c1ccccc1. The Morgan fingerprint density at radius 3 is 2.38 bits per heavy atom. The van der Waals surface area contributed by atoms with Crippen LogP contribution >= 0.6 is 23.4 Å². The molecule has 1 aliphatic rings. The fourth-order valence-corrected chi connectivity index (χ4v) is 4.41. The summed E-state index contributed by atoms with van der Waals surface area (Å²) in [7, 11) is 0. The van der Waals surface area contributed by atoms with Crippen LogP contribution in [-0.2, 0) is 11.3 Å². The van der Waals surface area contributed by atoms with E-state index in [1.54, 1.807) is 12.1 Å². The molecule has 1 aliphatic heterocycles. The van der Waals surface area contributed by atoms with E-state index in [0.717, 1.165) is 40.0 Å². The standard InChI is InChI=1S/C23H19ClN2O2S/c1-15-12-18(16(2)26(15)20-6-4-3-5-7-20)13-21-22(27)25(23(28)29-21)14-17-8-10-19(24)11-9-17/h3-13H,14H2,1-2H3/b21-13-. The summed E-state index contributed by atoms with van der Waals surface area (Å²) >= 11 is 6.89. The van der Waals surface area contributed by atoms with Crippen molar-refractivity contribution >= 4 is 40.6 Å². The highest BCUT2D eigenvalue weighted by Crippen LogP contribution is 2.34. The maximum absolute atomic E-state index is 12.8. The molecule has 29 heavy (non-hydrogen) atoms. The molecule has 1 saturated heterocycles. The van der Waals surface area contributed by atoms with E-state index in [0.29, 0.717) is 9.93 Å². The predicted octanol–water partition coefficient (Wildman–Crippen LogP) is 5.98. The summed E-state index contributed by atoms with van der Waals surface area (Å²) in [6, 6.07) is 19.3. The molecule has 0 spiro atoms. The van der Waals surface area contributed by atoms with Crippen molar-refractivity contribution in [2.75, 3.05) is 0 Å². The van der Waals surface area contributed by atoms with Gasteiger partial charge in [-0.1, -0.05) is 41.9 Å². The van der Waals surface area contributed by atoms with Crippen LogP contribution in [-0.4, -0.2) is 20.6 Å². The molecule has 146 valence electrons. The molecular weight excluding hydrogens is 404 g/mol. The van der Waals surface area contributed by atoms with Gasteiger partial charge in [0.05, 0.1) is 11.4 Å². The van der Waals surface area contributed by atoms with Gasteiger partial charge in [0.15, 0.2) is 0 Å². The first-order valence-electron chi connectivity index (χ1n) is 9.18. The minimum absolute atomic E-state index is 0.238. The Bertz CT molecular complexity index is 1120. The van der Waals surface area contributed by atoms with Crippen LogP contribution in [0.3, 0.4) is 0 Å². The van der Waals surface area contributed by atoms with Crippen LogP contribution in [0.4, 0.5) is 4.79 Å².